The van der Waals surface area contributed by atoms with Crippen LogP contribution in [0, 0.1) is 5.41 Å². The van der Waals surface area contributed by atoms with Crippen LogP contribution in [-0.4, -0.2) is 52.9 Å². The van der Waals surface area contributed by atoms with Crippen molar-refractivity contribution in [3.63, 3.8) is 0 Å². The number of rotatable bonds is 6. The monoisotopic (exact) mass is 395 g/mol. The van der Waals surface area contributed by atoms with Gasteiger partial charge in [-0.05, 0) is 30.2 Å². The molecule has 29 heavy (non-hydrogen) atoms. The van der Waals surface area contributed by atoms with E-state index in [4.69, 9.17) is 0 Å². The maximum atomic E-state index is 12.7. The van der Waals surface area contributed by atoms with Gasteiger partial charge in [-0.25, -0.2) is 9.97 Å². The van der Waals surface area contributed by atoms with E-state index >= 15 is 0 Å². The second kappa shape index (κ2) is 9.03. The van der Waals surface area contributed by atoms with Crippen LogP contribution in [0.4, 0.5) is 11.6 Å². The molecule has 2 amide bonds. The first kappa shape index (κ1) is 20.8. The molecule has 1 aliphatic heterocycles. The van der Waals surface area contributed by atoms with E-state index in [1.807, 2.05) is 49.9 Å². The number of anilines is 2. The van der Waals surface area contributed by atoms with Gasteiger partial charge in [0, 0.05) is 49.7 Å². The molecule has 154 valence electrons. The van der Waals surface area contributed by atoms with Crippen LogP contribution in [0.15, 0.2) is 42.7 Å². The Morgan fingerprint density at radius 1 is 1.03 bits per heavy atom. The summed E-state index contributed by atoms with van der Waals surface area (Å²) in [5, 5.41) is 2.95. The summed E-state index contributed by atoms with van der Waals surface area (Å²) in [6.45, 7) is 8.65. The molecule has 0 unspecified atom stereocenters. The van der Waals surface area contributed by atoms with Gasteiger partial charge >= 0.3 is 0 Å². The molecule has 2 heterocycles. The smallest absolute Gasteiger partial charge is 0.230 e. The van der Waals surface area contributed by atoms with Gasteiger partial charge in [-0.15, -0.1) is 0 Å². The fourth-order valence-corrected chi connectivity index (χ4v) is 3.06. The Kier molecular flexibility index (Phi) is 6.46. The van der Waals surface area contributed by atoms with Crippen molar-refractivity contribution >= 4 is 23.5 Å². The first-order chi connectivity index (χ1) is 13.9. The molecule has 1 aromatic carbocycles. The van der Waals surface area contributed by atoms with Crippen LogP contribution in [0.25, 0.3) is 0 Å². The van der Waals surface area contributed by atoms with E-state index in [9.17, 15) is 9.59 Å². The normalized spacial score (nSPS) is 14.6. The molecular formula is C22H29N5O2. The van der Waals surface area contributed by atoms with Crippen molar-refractivity contribution < 1.29 is 9.59 Å². The van der Waals surface area contributed by atoms with Gasteiger partial charge < -0.3 is 15.1 Å². The molecule has 2 aromatic rings. The van der Waals surface area contributed by atoms with E-state index in [1.165, 1.54) is 0 Å². The number of benzene rings is 1. The summed E-state index contributed by atoms with van der Waals surface area (Å²) < 4.78 is 0. The lowest BCUT2D eigenvalue weighted by atomic mass is 9.89. The summed E-state index contributed by atoms with van der Waals surface area (Å²) in [5.41, 5.74) is 1.29. The summed E-state index contributed by atoms with van der Waals surface area (Å²) in [7, 11) is 0. The fraction of sp³-hybridized carbons (Fsp3) is 0.455. The third kappa shape index (κ3) is 5.31. The zero-order valence-corrected chi connectivity index (χ0v) is 17.4. The number of carbonyl (C=O) groups excluding carboxylic acids is 2. The van der Waals surface area contributed by atoms with Crippen molar-refractivity contribution in [2.45, 2.75) is 33.6 Å². The van der Waals surface area contributed by atoms with E-state index in [2.05, 4.69) is 20.2 Å². The Bertz CT molecular complexity index is 828. The molecule has 0 saturated carbocycles. The molecule has 7 nitrogen and oxygen atoms in total. The molecule has 0 bridgehead atoms. The highest BCUT2D eigenvalue weighted by Crippen LogP contribution is 2.22. The molecule has 7 heteroatoms. The zero-order valence-electron chi connectivity index (χ0n) is 17.4. The number of hydrogen-bond acceptors (Lipinski definition) is 5. The van der Waals surface area contributed by atoms with Crippen molar-refractivity contribution in [3.8, 4) is 0 Å². The van der Waals surface area contributed by atoms with Crippen LogP contribution in [0.5, 0.6) is 0 Å². The predicted molar refractivity (Wildman–Crippen MR) is 114 cm³/mol. The first-order valence-corrected chi connectivity index (χ1v) is 10.1. The van der Waals surface area contributed by atoms with E-state index in [0.29, 0.717) is 25.5 Å². The molecule has 1 fully saturated rings. The van der Waals surface area contributed by atoms with Gasteiger partial charge in [-0.1, -0.05) is 32.9 Å². The van der Waals surface area contributed by atoms with Gasteiger partial charge in [-0.2, -0.15) is 0 Å². The summed E-state index contributed by atoms with van der Waals surface area (Å²) in [6, 6.07) is 9.32. The van der Waals surface area contributed by atoms with Crippen LogP contribution < -0.4 is 10.2 Å². The maximum absolute atomic E-state index is 12.7. The average Bonchev–Trinajstić information content (AvgIpc) is 2.75. The largest absolute Gasteiger partial charge is 0.339 e. The molecule has 0 spiro atoms. The third-order valence-corrected chi connectivity index (χ3v) is 5.53. The number of hydrogen-bond donors (Lipinski definition) is 1. The Morgan fingerprint density at radius 2 is 1.66 bits per heavy atom. The molecular weight excluding hydrogens is 366 g/mol. The molecule has 1 saturated heterocycles. The van der Waals surface area contributed by atoms with Gasteiger partial charge in [0.2, 0.25) is 17.8 Å². The summed E-state index contributed by atoms with van der Waals surface area (Å²) in [5.74, 6) is 0.829. The Labute approximate surface area is 172 Å². The minimum Gasteiger partial charge on any atom is -0.339 e. The topological polar surface area (TPSA) is 78.4 Å². The predicted octanol–water partition coefficient (Wildman–Crippen LogP) is 2.74. The number of nitrogens with zero attached hydrogens (tertiary/aromatic N) is 4. The molecule has 1 N–H and O–H groups in total. The van der Waals surface area contributed by atoms with Crippen LogP contribution >= 0.6 is 0 Å². The van der Waals surface area contributed by atoms with Crippen molar-refractivity contribution in [2.24, 2.45) is 5.41 Å². The maximum Gasteiger partial charge on any atom is 0.230 e. The SMILES string of the molecule is CCC(C)(C)C(=O)Nc1ccc(CC(=O)N2CCN(c3ncccn3)CC2)cc1. The highest BCUT2D eigenvalue weighted by atomic mass is 16.2. The summed E-state index contributed by atoms with van der Waals surface area (Å²) >= 11 is 0. The molecule has 3 rings (SSSR count). The molecule has 0 atom stereocenters. The summed E-state index contributed by atoms with van der Waals surface area (Å²) in [4.78, 5) is 37.5. The van der Waals surface area contributed by atoms with Crippen molar-refractivity contribution in [3.05, 3.63) is 48.3 Å². The zero-order chi connectivity index (χ0) is 20.9. The lowest BCUT2D eigenvalue weighted by molar-refractivity contribution is -0.130. The van der Waals surface area contributed by atoms with E-state index < -0.39 is 5.41 Å². The molecule has 1 aromatic heterocycles. The highest BCUT2D eigenvalue weighted by molar-refractivity contribution is 5.94. The van der Waals surface area contributed by atoms with Gasteiger partial charge in [0.05, 0.1) is 6.42 Å². The molecule has 0 aliphatic carbocycles. The van der Waals surface area contributed by atoms with Crippen molar-refractivity contribution in [1.82, 2.24) is 14.9 Å². The lowest BCUT2D eigenvalue weighted by Crippen LogP contribution is -2.49. The second-order valence-corrected chi connectivity index (χ2v) is 7.98. The average molecular weight is 396 g/mol. The molecule has 0 radical (unpaired) electrons. The van der Waals surface area contributed by atoms with Gasteiger partial charge in [-0.3, -0.25) is 9.59 Å². The van der Waals surface area contributed by atoms with Gasteiger partial charge in [0.1, 0.15) is 0 Å². The van der Waals surface area contributed by atoms with Crippen LogP contribution in [-0.2, 0) is 16.0 Å². The van der Waals surface area contributed by atoms with E-state index in [0.717, 1.165) is 30.8 Å². The van der Waals surface area contributed by atoms with Crippen LogP contribution in [0.1, 0.15) is 32.8 Å². The second-order valence-electron chi connectivity index (χ2n) is 7.98. The number of aromatic nitrogens is 2. The number of carbonyl (C=O) groups is 2. The van der Waals surface area contributed by atoms with Crippen LogP contribution in [0.3, 0.4) is 0 Å². The number of nitrogens with one attached hydrogen (secondary N) is 1. The standard InChI is InChI=1S/C22H29N5O2/c1-4-22(2,3)20(29)25-18-8-6-17(7-9-18)16-19(28)26-12-14-27(15-13-26)21-23-10-5-11-24-21/h5-11H,4,12-16H2,1-3H3,(H,25,29). The fourth-order valence-electron chi connectivity index (χ4n) is 3.06. The van der Waals surface area contributed by atoms with Gasteiger partial charge in [0.25, 0.3) is 0 Å². The van der Waals surface area contributed by atoms with Crippen LogP contribution in [0.2, 0.25) is 0 Å². The van der Waals surface area contributed by atoms with E-state index in [1.54, 1.807) is 18.5 Å². The van der Waals surface area contributed by atoms with Crippen molar-refractivity contribution in [2.75, 3.05) is 36.4 Å². The van der Waals surface area contributed by atoms with Crippen molar-refractivity contribution in [1.29, 1.82) is 0 Å². The number of amides is 2. The Balaban J connectivity index is 1.50. The quantitative estimate of drug-likeness (QED) is 0.814. The Morgan fingerprint density at radius 3 is 2.24 bits per heavy atom. The Hall–Kier alpha value is -2.96. The minimum atomic E-state index is -0.401. The van der Waals surface area contributed by atoms with Gasteiger partial charge in [0.15, 0.2) is 0 Å². The first-order valence-electron chi connectivity index (χ1n) is 10.1. The molecule has 1 aliphatic rings. The minimum absolute atomic E-state index is 0.00379. The highest BCUT2D eigenvalue weighted by Gasteiger charge is 2.25. The number of piperazine rings is 1. The third-order valence-electron chi connectivity index (χ3n) is 5.53. The van der Waals surface area contributed by atoms with E-state index in [-0.39, 0.29) is 11.8 Å². The summed E-state index contributed by atoms with van der Waals surface area (Å²) in [6.07, 6.45) is 4.59. The lowest BCUT2D eigenvalue weighted by Gasteiger charge is -2.34.